The third-order valence-electron chi connectivity index (χ3n) is 6.33. The largest absolute Gasteiger partial charge is 0.439 e. The van der Waals surface area contributed by atoms with Crippen molar-refractivity contribution in [3.05, 3.63) is 122 Å². The van der Waals surface area contributed by atoms with E-state index in [1.165, 1.54) is 10.8 Å². The highest BCUT2D eigenvalue weighted by Crippen LogP contribution is 2.36. The molecule has 0 spiro atoms. The molecule has 0 unspecified atom stereocenters. The first-order valence-corrected chi connectivity index (χ1v) is 11.5. The Morgan fingerprint density at radius 1 is 0.629 bits per heavy atom. The van der Waals surface area contributed by atoms with E-state index < -0.39 is 0 Å². The van der Waals surface area contributed by atoms with E-state index in [2.05, 4.69) is 70.2 Å². The molecule has 0 atom stereocenters. The molecule has 0 aliphatic rings. The number of nitrogens with zero attached hydrogens (tertiary/aromatic N) is 4. The highest BCUT2D eigenvalue weighted by Gasteiger charge is 2.15. The Morgan fingerprint density at radius 3 is 2.43 bits per heavy atom. The Hall–Kier alpha value is -4.90. The van der Waals surface area contributed by atoms with Crippen LogP contribution in [0.15, 0.2) is 122 Å². The van der Waals surface area contributed by atoms with E-state index in [9.17, 15) is 0 Å². The molecule has 5 nitrogen and oxygen atoms in total. The average Bonchev–Trinajstić information content (AvgIpc) is 3.48. The van der Waals surface area contributed by atoms with E-state index >= 15 is 0 Å². The quantitative estimate of drug-likeness (QED) is 0.282. The van der Waals surface area contributed by atoms with Crippen molar-refractivity contribution in [1.82, 2.24) is 18.9 Å². The zero-order valence-electron chi connectivity index (χ0n) is 18.7. The molecule has 0 saturated heterocycles. The van der Waals surface area contributed by atoms with Crippen molar-refractivity contribution in [1.29, 1.82) is 0 Å². The summed E-state index contributed by atoms with van der Waals surface area (Å²) >= 11 is 0. The number of rotatable bonds is 4. The monoisotopic (exact) mass is 452 g/mol. The van der Waals surface area contributed by atoms with Gasteiger partial charge in [-0.1, -0.05) is 48.5 Å². The van der Waals surface area contributed by atoms with Crippen molar-refractivity contribution in [2.75, 3.05) is 0 Å². The predicted molar refractivity (Wildman–Crippen MR) is 139 cm³/mol. The first kappa shape index (κ1) is 19.6. The molecule has 0 bridgehead atoms. The van der Waals surface area contributed by atoms with Crippen molar-refractivity contribution in [3.8, 4) is 28.6 Å². The predicted octanol–water partition coefficient (Wildman–Crippen LogP) is 7.29. The molecule has 3 aromatic carbocycles. The van der Waals surface area contributed by atoms with Crippen LogP contribution in [-0.4, -0.2) is 18.9 Å². The number of benzene rings is 3. The molecule has 4 aromatic heterocycles. The average molecular weight is 453 g/mol. The van der Waals surface area contributed by atoms with Crippen molar-refractivity contribution in [2.24, 2.45) is 0 Å². The van der Waals surface area contributed by atoms with Crippen LogP contribution in [0.5, 0.6) is 11.6 Å². The van der Waals surface area contributed by atoms with Crippen LogP contribution in [0, 0.1) is 0 Å². The lowest BCUT2D eigenvalue weighted by molar-refractivity contribution is 0.463. The van der Waals surface area contributed by atoms with Crippen LogP contribution in [0.4, 0.5) is 0 Å². The van der Waals surface area contributed by atoms with Crippen molar-refractivity contribution < 1.29 is 4.74 Å². The van der Waals surface area contributed by atoms with Gasteiger partial charge in [-0.15, -0.1) is 0 Å². The Bertz CT molecular complexity index is 1830. The molecule has 4 heterocycles. The number of imidazole rings is 1. The number of hydrogen-bond acceptors (Lipinski definition) is 3. The number of ether oxygens (including phenoxy) is 1. The summed E-state index contributed by atoms with van der Waals surface area (Å²) in [6.45, 7) is 0. The summed E-state index contributed by atoms with van der Waals surface area (Å²) in [6, 6.07) is 35.0. The molecule has 166 valence electrons. The molecule has 0 amide bonds. The van der Waals surface area contributed by atoms with Crippen LogP contribution < -0.4 is 4.74 Å². The van der Waals surface area contributed by atoms with E-state index in [-0.39, 0.29) is 0 Å². The maximum atomic E-state index is 6.03. The van der Waals surface area contributed by atoms with Crippen LogP contribution >= 0.6 is 0 Å². The summed E-state index contributed by atoms with van der Waals surface area (Å²) < 4.78 is 10.4. The molecule has 0 N–H and O–H groups in total. The molecule has 7 rings (SSSR count). The van der Waals surface area contributed by atoms with Gasteiger partial charge >= 0.3 is 0 Å². The Balaban J connectivity index is 1.44. The van der Waals surface area contributed by atoms with Gasteiger partial charge in [0, 0.05) is 46.5 Å². The summed E-state index contributed by atoms with van der Waals surface area (Å²) in [7, 11) is 0. The topological polar surface area (TPSA) is 44.4 Å². The SMILES string of the molecule is c1ccc(Oc2cccc(-n3c4ccccc4c4ccc(-c5ncn6ccccc56)cc43)c2)nc1. The van der Waals surface area contributed by atoms with E-state index in [1.54, 1.807) is 6.20 Å². The van der Waals surface area contributed by atoms with Gasteiger partial charge in [0.15, 0.2) is 0 Å². The lowest BCUT2D eigenvalue weighted by Gasteiger charge is -2.11. The molecule has 0 aliphatic carbocycles. The van der Waals surface area contributed by atoms with Crippen molar-refractivity contribution in [3.63, 3.8) is 0 Å². The number of aromatic nitrogens is 4. The summed E-state index contributed by atoms with van der Waals surface area (Å²) in [4.78, 5) is 9.01. The zero-order valence-corrected chi connectivity index (χ0v) is 18.7. The van der Waals surface area contributed by atoms with Gasteiger partial charge in [0.2, 0.25) is 5.88 Å². The highest BCUT2D eigenvalue weighted by atomic mass is 16.5. The van der Waals surface area contributed by atoms with Crippen LogP contribution in [0.25, 0.3) is 44.3 Å². The molecular weight excluding hydrogens is 432 g/mol. The maximum absolute atomic E-state index is 6.03. The normalized spacial score (nSPS) is 11.4. The minimum absolute atomic E-state index is 0.570. The van der Waals surface area contributed by atoms with E-state index in [1.807, 2.05) is 59.4 Å². The standard InChI is InChI=1S/C30H20N4O/c1-2-11-26-24(10-1)25-15-14-21(30-27-12-4-6-17-33(27)20-32-30)18-28(25)34(26)22-8-7-9-23(19-22)35-29-13-3-5-16-31-29/h1-20H. The van der Waals surface area contributed by atoms with E-state index in [4.69, 9.17) is 9.72 Å². The van der Waals surface area contributed by atoms with Crippen LogP contribution in [0.1, 0.15) is 0 Å². The van der Waals surface area contributed by atoms with Crippen molar-refractivity contribution in [2.45, 2.75) is 0 Å². The van der Waals surface area contributed by atoms with Crippen LogP contribution in [0.2, 0.25) is 0 Å². The molecule has 0 fully saturated rings. The second-order valence-corrected chi connectivity index (χ2v) is 8.44. The first-order chi connectivity index (χ1) is 17.3. The number of hydrogen-bond donors (Lipinski definition) is 0. The van der Waals surface area contributed by atoms with Gasteiger partial charge in [0.1, 0.15) is 5.75 Å². The van der Waals surface area contributed by atoms with Gasteiger partial charge in [0.05, 0.1) is 28.6 Å². The summed E-state index contributed by atoms with van der Waals surface area (Å²) in [6.07, 6.45) is 5.62. The second kappa shape index (κ2) is 7.85. The molecule has 0 aliphatic heterocycles. The third-order valence-corrected chi connectivity index (χ3v) is 6.33. The van der Waals surface area contributed by atoms with Gasteiger partial charge in [0.25, 0.3) is 0 Å². The fraction of sp³-hybridized carbons (Fsp3) is 0. The summed E-state index contributed by atoms with van der Waals surface area (Å²) in [5.74, 6) is 1.31. The van der Waals surface area contributed by atoms with Gasteiger partial charge in [-0.25, -0.2) is 9.97 Å². The Morgan fingerprint density at radius 2 is 1.49 bits per heavy atom. The van der Waals surface area contributed by atoms with Crippen LogP contribution in [0.3, 0.4) is 0 Å². The van der Waals surface area contributed by atoms with Crippen molar-refractivity contribution >= 4 is 27.3 Å². The highest BCUT2D eigenvalue weighted by molar-refractivity contribution is 6.10. The maximum Gasteiger partial charge on any atom is 0.219 e. The first-order valence-electron chi connectivity index (χ1n) is 11.5. The number of pyridine rings is 2. The lowest BCUT2D eigenvalue weighted by atomic mass is 10.1. The Kier molecular flexibility index (Phi) is 4.39. The third kappa shape index (κ3) is 3.25. The molecular formula is C30H20N4O. The fourth-order valence-electron chi connectivity index (χ4n) is 4.78. The second-order valence-electron chi connectivity index (χ2n) is 8.44. The Labute approximate surface area is 201 Å². The molecule has 35 heavy (non-hydrogen) atoms. The summed E-state index contributed by atoms with van der Waals surface area (Å²) in [5.41, 5.74) is 6.42. The molecule has 0 radical (unpaired) electrons. The lowest BCUT2D eigenvalue weighted by Crippen LogP contribution is -1.95. The zero-order chi connectivity index (χ0) is 23.2. The molecule has 0 saturated carbocycles. The van der Waals surface area contributed by atoms with Gasteiger partial charge in [-0.3, -0.25) is 0 Å². The minimum Gasteiger partial charge on any atom is -0.439 e. The molecule has 7 aromatic rings. The van der Waals surface area contributed by atoms with E-state index in [0.717, 1.165) is 39.2 Å². The van der Waals surface area contributed by atoms with Gasteiger partial charge in [-0.05, 0) is 42.5 Å². The number of fused-ring (bicyclic) bond motifs is 4. The fourth-order valence-corrected chi connectivity index (χ4v) is 4.78. The smallest absolute Gasteiger partial charge is 0.219 e. The minimum atomic E-state index is 0.570. The molecule has 5 heteroatoms. The van der Waals surface area contributed by atoms with Crippen LogP contribution in [-0.2, 0) is 0 Å². The van der Waals surface area contributed by atoms with Gasteiger partial charge in [-0.2, -0.15) is 0 Å². The number of para-hydroxylation sites is 1. The summed E-state index contributed by atoms with van der Waals surface area (Å²) in [5, 5.41) is 2.41. The van der Waals surface area contributed by atoms with Gasteiger partial charge < -0.3 is 13.7 Å². The van der Waals surface area contributed by atoms with E-state index in [0.29, 0.717) is 5.88 Å².